The maximum atomic E-state index is 10.1. The standard InChI is InChI=1S/C11H20O3S2/c1-11(2)13-7-9(14-11)8(12)6-10-15-4-3-5-16-10/h8-10,12H,3-7H2,1-2H3/t8-,9-/m0/s1. The molecule has 0 spiro atoms. The molecule has 0 radical (unpaired) electrons. The van der Waals surface area contributed by atoms with Gasteiger partial charge in [-0.1, -0.05) is 0 Å². The first-order valence-electron chi connectivity index (χ1n) is 5.80. The van der Waals surface area contributed by atoms with Crippen LogP contribution in [0.2, 0.25) is 0 Å². The monoisotopic (exact) mass is 264 g/mol. The maximum Gasteiger partial charge on any atom is 0.163 e. The molecule has 5 heteroatoms. The highest BCUT2D eigenvalue weighted by molar-refractivity contribution is 8.17. The highest BCUT2D eigenvalue weighted by Crippen LogP contribution is 2.35. The van der Waals surface area contributed by atoms with E-state index < -0.39 is 11.9 Å². The zero-order chi connectivity index (χ0) is 11.6. The van der Waals surface area contributed by atoms with E-state index in [0.29, 0.717) is 11.2 Å². The molecule has 2 heterocycles. The minimum atomic E-state index is -0.529. The van der Waals surface area contributed by atoms with E-state index in [1.807, 2.05) is 37.4 Å². The molecule has 0 aliphatic carbocycles. The Labute approximate surface area is 106 Å². The topological polar surface area (TPSA) is 38.7 Å². The Kier molecular flexibility index (Phi) is 4.46. The smallest absolute Gasteiger partial charge is 0.163 e. The van der Waals surface area contributed by atoms with Crippen molar-refractivity contribution in [1.29, 1.82) is 0 Å². The molecule has 2 fully saturated rings. The molecule has 0 saturated carbocycles. The van der Waals surface area contributed by atoms with Gasteiger partial charge in [0, 0.05) is 0 Å². The summed E-state index contributed by atoms with van der Waals surface area (Å²) in [5.41, 5.74) is 0. The molecule has 1 N–H and O–H groups in total. The molecule has 94 valence electrons. The number of aliphatic hydroxyl groups is 1. The number of thioether (sulfide) groups is 2. The zero-order valence-electron chi connectivity index (χ0n) is 9.85. The van der Waals surface area contributed by atoms with Gasteiger partial charge in [-0.3, -0.25) is 0 Å². The lowest BCUT2D eigenvalue weighted by Crippen LogP contribution is -2.32. The van der Waals surface area contributed by atoms with Crippen molar-refractivity contribution in [1.82, 2.24) is 0 Å². The normalized spacial score (nSPS) is 32.8. The van der Waals surface area contributed by atoms with Gasteiger partial charge in [-0.2, -0.15) is 0 Å². The number of rotatable bonds is 3. The van der Waals surface area contributed by atoms with Crippen molar-refractivity contribution in [2.24, 2.45) is 0 Å². The van der Waals surface area contributed by atoms with Crippen molar-refractivity contribution in [2.45, 2.75) is 49.3 Å². The number of aliphatic hydroxyl groups excluding tert-OH is 1. The molecule has 0 aromatic carbocycles. The van der Waals surface area contributed by atoms with E-state index in [2.05, 4.69) is 0 Å². The molecule has 0 unspecified atom stereocenters. The fraction of sp³-hybridized carbons (Fsp3) is 1.00. The van der Waals surface area contributed by atoms with Crippen LogP contribution in [0.15, 0.2) is 0 Å². The van der Waals surface area contributed by atoms with E-state index in [9.17, 15) is 5.11 Å². The molecule has 2 atom stereocenters. The van der Waals surface area contributed by atoms with Crippen LogP contribution >= 0.6 is 23.5 Å². The summed E-state index contributed by atoms with van der Waals surface area (Å²) < 4.78 is 11.7. The SMILES string of the molecule is CC1(C)OC[C@@H]([C@@H](O)CC2SCCCS2)O1. The average Bonchev–Trinajstić information content (AvgIpc) is 2.60. The van der Waals surface area contributed by atoms with Gasteiger partial charge in [-0.15, -0.1) is 23.5 Å². The first-order valence-corrected chi connectivity index (χ1v) is 7.90. The van der Waals surface area contributed by atoms with Gasteiger partial charge in [0.25, 0.3) is 0 Å². The Hall–Kier alpha value is 0.580. The zero-order valence-corrected chi connectivity index (χ0v) is 11.5. The largest absolute Gasteiger partial charge is 0.390 e. The molecule has 16 heavy (non-hydrogen) atoms. The highest BCUT2D eigenvalue weighted by Gasteiger charge is 2.37. The van der Waals surface area contributed by atoms with Crippen molar-refractivity contribution in [3.63, 3.8) is 0 Å². The Balaban J connectivity index is 1.77. The summed E-state index contributed by atoms with van der Waals surface area (Å²) >= 11 is 3.91. The third-order valence-corrected chi connectivity index (χ3v) is 5.78. The summed E-state index contributed by atoms with van der Waals surface area (Å²) in [4.78, 5) is 0. The van der Waals surface area contributed by atoms with Crippen molar-refractivity contribution in [2.75, 3.05) is 18.1 Å². The average molecular weight is 264 g/mol. The third-order valence-electron chi connectivity index (χ3n) is 2.79. The number of hydrogen-bond acceptors (Lipinski definition) is 5. The minimum Gasteiger partial charge on any atom is -0.390 e. The van der Waals surface area contributed by atoms with Crippen LogP contribution in [0.3, 0.4) is 0 Å². The lowest BCUT2D eigenvalue weighted by molar-refractivity contribution is -0.151. The van der Waals surface area contributed by atoms with E-state index >= 15 is 0 Å². The van der Waals surface area contributed by atoms with Gasteiger partial charge < -0.3 is 14.6 Å². The van der Waals surface area contributed by atoms with E-state index in [4.69, 9.17) is 9.47 Å². The third kappa shape index (κ3) is 3.53. The van der Waals surface area contributed by atoms with Crippen LogP contribution in [0, 0.1) is 0 Å². The first-order chi connectivity index (χ1) is 7.57. The van der Waals surface area contributed by atoms with E-state index in [-0.39, 0.29) is 6.10 Å². The van der Waals surface area contributed by atoms with Crippen LogP contribution in [0.4, 0.5) is 0 Å². The second kappa shape index (κ2) is 5.48. The van der Waals surface area contributed by atoms with Crippen LogP contribution in [0.5, 0.6) is 0 Å². The maximum absolute atomic E-state index is 10.1. The summed E-state index contributed by atoms with van der Waals surface area (Å²) in [5, 5.41) is 10.1. The molecule has 0 aromatic rings. The molecular formula is C11H20O3S2. The van der Waals surface area contributed by atoms with Gasteiger partial charge in [0.1, 0.15) is 6.10 Å². The molecule has 0 aromatic heterocycles. The Morgan fingerprint density at radius 2 is 2.06 bits per heavy atom. The van der Waals surface area contributed by atoms with Crippen molar-refractivity contribution in [3.8, 4) is 0 Å². The Morgan fingerprint density at radius 1 is 1.38 bits per heavy atom. The Bertz CT molecular complexity index is 229. The Morgan fingerprint density at radius 3 is 2.62 bits per heavy atom. The van der Waals surface area contributed by atoms with E-state index in [1.54, 1.807) is 0 Å². The quantitative estimate of drug-likeness (QED) is 0.845. The van der Waals surface area contributed by atoms with Crippen LogP contribution in [-0.4, -0.2) is 45.8 Å². The molecule has 3 nitrogen and oxygen atoms in total. The lowest BCUT2D eigenvalue weighted by Gasteiger charge is -2.26. The second-order valence-corrected chi connectivity index (χ2v) is 7.61. The molecule has 0 bridgehead atoms. The van der Waals surface area contributed by atoms with Gasteiger partial charge in [0.15, 0.2) is 5.79 Å². The summed E-state index contributed by atoms with van der Waals surface area (Å²) in [6, 6.07) is 0. The van der Waals surface area contributed by atoms with Crippen LogP contribution in [0.1, 0.15) is 26.7 Å². The van der Waals surface area contributed by atoms with Crippen LogP contribution < -0.4 is 0 Å². The second-order valence-electron chi connectivity index (χ2n) is 4.69. The molecule has 2 aliphatic rings. The van der Waals surface area contributed by atoms with E-state index in [1.165, 1.54) is 17.9 Å². The predicted octanol–water partition coefficient (Wildman–Crippen LogP) is 2.09. The van der Waals surface area contributed by atoms with Gasteiger partial charge in [0.05, 0.1) is 17.3 Å². The summed E-state index contributed by atoms with van der Waals surface area (Å²) in [6.07, 6.45) is 1.54. The number of hydrogen-bond donors (Lipinski definition) is 1. The van der Waals surface area contributed by atoms with Gasteiger partial charge in [0.2, 0.25) is 0 Å². The minimum absolute atomic E-state index is 0.155. The van der Waals surface area contributed by atoms with Gasteiger partial charge in [-0.05, 0) is 38.2 Å². The molecule has 2 rings (SSSR count). The fourth-order valence-electron chi connectivity index (χ4n) is 1.93. The van der Waals surface area contributed by atoms with Crippen molar-refractivity contribution >= 4 is 23.5 Å². The van der Waals surface area contributed by atoms with Crippen molar-refractivity contribution in [3.05, 3.63) is 0 Å². The predicted molar refractivity (Wildman–Crippen MR) is 68.8 cm³/mol. The lowest BCUT2D eigenvalue weighted by atomic mass is 10.2. The molecular weight excluding hydrogens is 244 g/mol. The first kappa shape index (κ1) is 13.0. The van der Waals surface area contributed by atoms with Gasteiger partial charge in [-0.25, -0.2) is 0 Å². The van der Waals surface area contributed by atoms with Crippen LogP contribution in [0.25, 0.3) is 0 Å². The highest BCUT2D eigenvalue weighted by atomic mass is 32.2. The van der Waals surface area contributed by atoms with Crippen molar-refractivity contribution < 1.29 is 14.6 Å². The summed E-state index contributed by atoms with van der Waals surface area (Å²) in [7, 11) is 0. The van der Waals surface area contributed by atoms with E-state index in [0.717, 1.165) is 6.42 Å². The fourth-order valence-corrected chi connectivity index (χ4v) is 4.89. The molecule has 2 aliphatic heterocycles. The molecule has 2 saturated heterocycles. The molecule has 0 amide bonds. The van der Waals surface area contributed by atoms with Crippen LogP contribution in [-0.2, 0) is 9.47 Å². The summed E-state index contributed by atoms with van der Waals surface area (Å²) in [5.74, 6) is 1.91. The van der Waals surface area contributed by atoms with Gasteiger partial charge >= 0.3 is 0 Å². The number of ether oxygens (including phenoxy) is 2. The summed E-state index contributed by atoms with van der Waals surface area (Å²) in [6.45, 7) is 4.30.